The van der Waals surface area contributed by atoms with Gasteiger partial charge in [0.1, 0.15) is 5.69 Å². The van der Waals surface area contributed by atoms with Gasteiger partial charge in [0, 0.05) is 39.4 Å². The van der Waals surface area contributed by atoms with Crippen molar-refractivity contribution in [2.24, 2.45) is 13.0 Å². The highest BCUT2D eigenvalue weighted by Gasteiger charge is 2.29. The van der Waals surface area contributed by atoms with E-state index in [4.69, 9.17) is 0 Å². The molecule has 0 radical (unpaired) electrons. The van der Waals surface area contributed by atoms with E-state index in [0.29, 0.717) is 36.8 Å². The highest BCUT2D eigenvalue weighted by atomic mass is 32.1. The Morgan fingerprint density at radius 1 is 1.19 bits per heavy atom. The molecule has 2 N–H and O–H groups in total. The van der Waals surface area contributed by atoms with Gasteiger partial charge in [0.05, 0.1) is 10.8 Å². The van der Waals surface area contributed by atoms with Crippen LogP contribution < -0.4 is 10.6 Å². The normalized spacial score (nSPS) is 16.8. The fourth-order valence-corrected chi connectivity index (χ4v) is 3.92. The van der Waals surface area contributed by atoms with Crippen molar-refractivity contribution >= 4 is 29.1 Å². The molecule has 1 aliphatic rings. The highest BCUT2D eigenvalue weighted by Crippen LogP contribution is 2.20. The average molecular weight is 388 g/mol. The van der Waals surface area contributed by atoms with Crippen molar-refractivity contribution in [1.29, 1.82) is 0 Å². The Labute approximate surface area is 162 Å². The van der Waals surface area contributed by atoms with Crippen molar-refractivity contribution in [2.75, 3.05) is 26.2 Å². The van der Waals surface area contributed by atoms with Crippen molar-refractivity contribution in [2.45, 2.75) is 12.8 Å². The molecule has 3 heterocycles. The van der Waals surface area contributed by atoms with Crippen LogP contribution in [0.1, 0.15) is 33.0 Å². The molecule has 1 atom stereocenters. The zero-order valence-electron chi connectivity index (χ0n) is 15.3. The van der Waals surface area contributed by atoms with Gasteiger partial charge in [-0.3, -0.25) is 14.4 Å². The molecule has 7 nitrogen and oxygen atoms in total. The number of piperidine rings is 1. The second-order valence-corrected chi connectivity index (χ2v) is 7.57. The third-order valence-corrected chi connectivity index (χ3v) is 5.56. The van der Waals surface area contributed by atoms with E-state index in [9.17, 15) is 14.4 Å². The molecule has 2 aromatic heterocycles. The second kappa shape index (κ2) is 8.85. The Morgan fingerprint density at radius 3 is 2.70 bits per heavy atom. The molecule has 2 aromatic rings. The van der Waals surface area contributed by atoms with Gasteiger partial charge in [-0.25, -0.2) is 0 Å². The van der Waals surface area contributed by atoms with E-state index in [0.717, 1.165) is 12.8 Å². The minimum absolute atomic E-state index is 0.00247. The number of nitrogens with zero attached hydrogens (tertiary/aromatic N) is 2. The lowest BCUT2D eigenvalue weighted by molar-refractivity contribution is -0.126. The number of aryl methyl sites for hydroxylation is 1. The SMILES string of the molecule is Cn1cccc1C(=O)NCCNC(=O)C1CCCN(C(=O)c2cccs2)C1. The van der Waals surface area contributed by atoms with Crippen LogP contribution in [0.25, 0.3) is 0 Å². The van der Waals surface area contributed by atoms with Crippen molar-refractivity contribution in [3.63, 3.8) is 0 Å². The molecule has 8 heteroatoms. The largest absolute Gasteiger partial charge is 0.354 e. The number of amides is 3. The molecule has 3 amide bonds. The van der Waals surface area contributed by atoms with E-state index in [-0.39, 0.29) is 23.6 Å². The summed E-state index contributed by atoms with van der Waals surface area (Å²) in [6.45, 7) is 1.86. The predicted octanol–water partition coefficient (Wildman–Crippen LogP) is 1.48. The average Bonchev–Trinajstić information content (AvgIpc) is 3.36. The van der Waals surface area contributed by atoms with Crippen LogP contribution >= 0.6 is 11.3 Å². The van der Waals surface area contributed by atoms with Crippen LogP contribution in [0.5, 0.6) is 0 Å². The summed E-state index contributed by atoms with van der Waals surface area (Å²) in [5, 5.41) is 7.54. The minimum Gasteiger partial charge on any atom is -0.354 e. The van der Waals surface area contributed by atoms with Crippen LogP contribution in [-0.4, -0.2) is 53.4 Å². The highest BCUT2D eigenvalue weighted by molar-refractivity contribution is 7.12. The van der Waals surface area contributed by atoms with E-state index in [1.807, 2.05) is 36.8 Å². The zero-order valence-corrected chi connectivity index (χ0v) is 16.1. The van der Waals surface area contributed by atoms with Gasteiger partial charge in [-0.1, -0.05) is 6.07 Å². The number of carbonyl (C=O) groups excluding carboxylic acids is 3. The van der Waals surface area contributed by atoms with Gasteiger partial charge in [0.2, 0.25) is 5.91 Å². The molecule has 0 spiro atoms. The fraction of sp³-hybridized carbons (Fsp3) is 0.421. The van der Waals surface area contributed by atoms with E-state index in [1.54, 1.807) is 15.5 Å². The summed E-state index contributed by atoms with van der Waals surface area (Å²) in [4.78, 5) is 39.4. The minimum atomic E-state index is -0.203. The number of aromatic nitrogens is 1. The molecule has 0 aliphatic carbocycles. The van der Waals surface area contributed by atoms with Gasteiger partial charge >= 0.3 is 0 Å². The van der Waals surface area contributed by atoms with Gasteiger partial charge in [0.25, 0.3) is 11.8 Å². The van der Waals surface area contributed by atoms with Crippen molar-refractivity contribution in [1.82, 2.24) is 20.1 Å². The van der Waals surface area contributed by atoms with Crippen LogP contribution in [0, 0.1) is 5.92 Å². The van der Waals surface area contributed by atoms with Gasteiger partial charge in [-0.15, -0.1) is 11.3 Å². The van der Waals surface area contributed by atoms with Crippen LogP contribution in [0.4, 0.5) is 0 Å². The van der Waals surface area contributed by atoms with Crippen LogP contribution in [0.3, 0.4) is 0 Å². The smallest absolute Gasteiger partial charge is 0.267 e. The lowest BCUT2D eigenvalue weighted by atomic mass is 9.97. The number of carbonyl (C=O) groups is 3. The molecular weight excluding hydrogens is 364 g/mol. The maximum absolute atomic E-state index is 12.5. The molecule has 3 rings (SSSR count). The van der Waals surface area contributed by atoms with Gasteiger partial charge in [-0.05, 0) is 36.4 Å². The number of thiophene rings is 1. The Hall–Kier alpha value is -2.61. The molecular formula is C19H24N4O3S. The number of likely N-dealkylation sites (tertiary alicyclic amines) is 1. The van der Waals surface area contributed by atoms with Crippen molar-refractivity contribution in [3.05, 3.63) is 46.4 Å². The Kier molecular flexibility index (Phi) is 6.28. The van der Waals surface area contributed by atoms with E-state index >= 15 is 0 Å². The number of nitrogens with one attached hydrogen (secondary N) is 2. The fourth-order valence-electron chi connectivity index (χ4n) is 3.23. The molecule has 1 aliphatic heterocycles. The lowest BCUT2D eigenvalue weighted by Gasteiger charge is -2.31. The predicted molar refractivity (Wildman–Crippen MR) is 104 cm³/mol. The topological polar surface area (TPSA) is 83.4 Å². The standard InChI is InChI=1S/C19H24N4O3S/c1-22-10-3-6-15(22)18(25)21-9-8-20-17(24)14-5-2-11-23(13-14)19(26)16-7-4-12-27-16/h3-4,6-7,10,12,14H,2,5,8-9,11,13H2,1H3,(H,20,24)(H,21,25). The number of hydrogen-bond donors (Lipinski definition) is 2. The quantitative estimate of drug-likeness (QED) is 0.736. The monoisotopic (exact) mass is 388 g/mol. The van der Waals surface area contributed by atoms with Gasteiger partial charge in [0.15, 0.2) is 0 Å². The summed E-state index contributed by atoms with van der Waals surface area (Å²) in [6.07, 6.45) is 3.40. The summed E-state index contributed by atoms with van der Waals surface area (Å²) in [5.74, 6) is -0.433. The van der Waals surface area contributed by atoms with Crippen LogP contribution in [0.2, 0.25) is 0 Å². The summed E-state index contributed by atoms with van der Waals surface area (Å²) in [7, 11) is 1.81. The first-order valence-electron chi connectivity index (χ1n) is 9.06. The molecule has 0 saturated carbocycles. The summed E-state index contributed by atoms with van der Waals surface area (Å²) >= 11 is 1.42. The van der Waals surface area contributed by atoms with Gasteiger partial charge in [-0.2, -0.15) is 0 Å². The van der Waals surface area contributed by atoms with Crippen molar-refractivity contribution in [3.8, 4) is 0 Å². The Bertz CT molecular complexity index is 800. The summed E-state index contributed by atoms with van der Waals surface area (Å²) < 4.78 is 1.75. The van der Waals surface area contributed by atoms with Crippen LogP contribution in [0.15, 0.2) is 35.8 Å². The summed E-state index contributed by atoms with van der Waals surface area (Å²) in [5.41, 5.74) is 0.580. The third-order valence-electron chi connectivity index (χ3n) is 4.70. The first-order valence-corrected chi connectivity index (χ1v) is 9.94. The first kappa shape index (κ1) is 19.2. The maximum atomic E-state index is 12.5. The van der Waals surface area contributed by atoms with Crippen LogP contribution in [-0.2, 0) is 11.8 Å². The molecule has 144 valence electrons. The zero-order chi connectivity index (χ0) is 19.2. The third kappa shape index (κ3) is 4.77. The maximum Gasteiger partial charge on any atom is 0.267 e. The van der Waals surface area contributed by atoms with E-state index < -0.39 is 0 Å². The Balaban J connectivity index is 1.42. The van der Waals surface area contributed by atoms with E-state index in [2.05, 4.69) is 10.6 Å². The van der Waals surface area contributed by atoms with Gasteiger partial charge < -0.3 is 20.1 Å². The first-order chi connectivity index (χ1) is 13.1. The molecule has 1 saturated heterocycles. The summed E-state index contributed by atoms with van der Waals surface area (Å²) in [6, 6.07) is 7.22. The molecule has 27 heavy (non-hydrogen) atoms. The van der Waals surface area contributed by atoms with Crippen molar-refractivity contribution < 1.29 is 14.4 Å². The number of rotatable bonds is 6. The molecule has 0 bridgehead atoms. The Morgan fingerprint density at radius 2 is 2.00 bits per heavy atom. The lowest BCUT2D eigenvalue weighted by Crippen LogP contribution is -2.46. The molecule has 0 aromatic carbocycles. The molecule has 1 fully saturated rings. The van der Waals surface area contributed by atoms with E-state index in [1.165, 1.54) is 11.3 Å². The molecule has 1 unspecified atom stereocenters. The second-order valence-electron chi connectivity index (χ2n) is 6.62. The number of hydrogen-bond acceptors (Lipinski definition) is 4.